The minimum Gasteiger partial charge on any atom is -0.303 e. The molecular formula is C23H25N3O. The first-order chi connectivity index (χ1) is 13.3. The van der Waals surface area contributed by atoms with Crippen LogP contribution in [0.25, 0.3) is 11.1 Å². The fourth-order valence-corrected chi connectivity index (χ4v) is 3.84. The van der Waals surface area contributed by atoms with E-state index in [0.717, 1.165) is 50.0 Å². The summed E-state index contributed by atoms with van der Waals surface area (Å²) in [6.45, 7) is 3.10. The third kappa shape index (κ3) is 4.17. The predicted molar refractivity (Wildman–Crippen MR) is 109 cm³/mol. The summed E-state index contributed by atoms with van der Waals surface area (Å²) >= 11 is 0. The van der Waals surface area contributed by atoms with Gasteiger partial charge in [0.25, 0.3) is 5.56 Å². The lowest BCUT2D eigenvalue weighted by Gasteiger charge is -2.32. The van der Waals surface area contributed by atoms with Gasteiger partial charge in [0.05, 0.1) is 11.6 Å². The van der Waals surface area contributed by atoms with Gasteiger partial charge in [-0.1, -0.05) is 60.7 Å². The zero-order valence-corrected chi connectivity index (χ0v) is 15.5. The van der Waals surface area contributed by atoms with Crippen molar-refractivity contribution in [1.82, 2.24) is 14.7 Å². The second-order valence-electron chi connectivity index (χ2n) is 7.17. The lowest BCUT2D eigenvalue weighted by molar-refractivity contribution is 0.178. The number of aromatic nitrogens is 2. The van der Waals surface area contributed by atoms with Gasteiger partial charge in [0.2, 0.25) is 0 Å². The highest BCUT2D eigenvalue weighted by atomic mass is 16.1. The first kappa shape index (κ1) is 17.7. The maximum Gasteiger partial charge on any atom is 0.274 e. The Hall–Kier alpha value is -2.72. The predicted octanol–water partition coefficient (Wildman–Crippen LogP) is 3.79. The first-order valence-electron chi connectivity index (χ1n) is 9.71. The summed E-state index contributed by atoms with van der Waals surface area (Å²) in [5.41, 5.74) is 3.09. The third-order valence-corrected chi connectivity index (χ3v) is 5.42. The van der Waals surface area contributed by atoms with Crippen LogP contribution < -0.4 is 5.56 Å². The summed E-state index contributed by atoms with van der Waals surface area (Å²) in [6, 6.07) is 22.5. The first-order valence-corrected chi connectivity index (χ1v) is 9.71. The van der Waals surface area contributed by atoms with Crippen molar-refractivity contribution >= 4 is 0 Å². The Morgan fingerprint density at radius 3 is 2.26 bits per heavy atom. The van der Waals surface area contributed by atoms with Crippen LogP contribution in [-0.4, -0.2) is 34.3 Å². The molecule has 27 heavy (non-hydrogen) atoms. The molecule has 0 spiro atoms. The molecule has 0 atom stereocenters. The Balaban J connectivity index is 1.41. The van der Waals surface area contributed by atoms with Crippen LogP contribution in [-0.2, 0) is 6.42 Å². The largest absolute Gasteiger partial charge is 0.303 e. The van der Waals surface area contributed by atoms with Crippen LogP contribution >= 0.6 is 0 Å². The zero-order valence-electron chi connectivity index (χ0n) is 15.5. The van der Waals surface area contributed by atoms with Crippen LogP contribution in [0.4, 0.5) is 0 Å². The van der Waals surface area contributed by atoms with E-state index in [9.17, 15) is 4.79 Å². The quantitative estimate of drug-likeness (QED) is 0.696. The second kappa shape index (κ2) is 8.31. The van der Waals surface area contributed by atoms with Gasteiger partial charge < -0.3 is 4.90 Å². The van der Waals surface area contributed by atoms with E-state index in [4.69, 9.17) is 0 Å². The molecule has 4 rings (SSSR count). The van der Waals surface area contributed by atoms with E-state index < -0.39 is 0 Å². The van der Waals surface area contributed by atoms with E-state index in [1.165, 1.54) is 5.56 Å². The molecule has 138 valence electrons. The Bertz CT molecular complexity index is 913. The number of piperidine rings is 1. The summed E-state index contributed by atoms with van der Waals surface area (Å²) in [7, 11) is 0. The van der Waals surface area contributed by atoms with Crippen LogP contribution in [0, 0.1) is 0 Å². The average Bonchev–Trinajstić information content (AvgIpc) is 2.74. The molecule has 0 bridgehead atoms. The summed E-state index contributed by atoms with van der Waals surface area (Å²) in [4.78, 5) is 15.4. The van der Waals surface area contributed by atoms with E-state index >= 15 is 0 Å². The van der Waals surface area contributed by atoms with Crippen molar-refractivity contribution in [1.29, 1.82) is 0 Å². The molecule has 0 amide bonds. The average molecular weight is 359 g/mol. The molecule has 2 heterocycles. The van der Waals surface area contributed by atoms with Gasteiger partial charge in [0, 0.05) is 25.8 Å². The van der Waals surface area contributed by atoms with Gasteiger partial charge in [-0.25, -0.2) is 4.68 Å². The van der Waals surface area contributed by atoms with Crippen molar-refractivity contribution in [3.05, 3.63) is 88.8 Å². The molecule has 1 aliphatic heterocycles. The molecule has 0 radical (unpaired) electrons. The highest BCUT2D eigenvalue weighted by Crippen LogP contribution is 2.22. The number of hydrogen-bond donors (Lipinski definition) is 0. The van der Waals surface area contributed by atoms with Gasteiger partial charge in [0.1, 0.15) is 0 Å². The third-order valence-electron chi connectivity index (χ3n) is 5.42. The van der Waals surface area contributed by atoms with Crippen LogP contribution in [0.1, 0.15) is 24.4 Å². The van der Waals surface area contributed by atoms with E-state index in [1.807, 2.05) is 36.4 Å². The monoisotopic (exact) mass is 359 g/mol. The Morgan fingerprint density at radius 2 is 1.56 bits per heavy atom. The van der Waals surface area contributed by atoms with Crippen LogP contribution in [0.15, 0.2) is 77.7 Å². The van der Waals surface area contributed by atoms with Crippen molar-refractivity contribution in [3.63, 3.8) is 0 Å². The lowest BCUT2D eigenvalue weighted by Crippen LogP contribution is -2.39. The van der Waals surface area contributed by atoms with E-state index in [-0.39, 0.29) is 11.6 Å². The molecule has 0 aliphatic carbocycles. The summed E-state index contributed by atoms with van der Waals surface area (Å²) in [5.74, 6) is 0. The van der Waals surface area contributed by atoms with E-state index in [1.54, 1.807) is 10.9 Å². The number of rotatable bonds is 5. The summed E-state index contributed by atoms with van der Waals surface area (Å²) < 4.78 is 1.71. The van der Waals surface area contributed by atoms with Crippen molar-refractivity contribution in [2.24, 2.45) is 0 Å². The Labute approximate surface area is 160 Å². The van der Waals surface area contributed by atoms with Gasteiger partial charge in [-0.15, -0.1) is 0 Å². The maximum absolute atomic E-state index is 12.9. The molecule has 0 unspecified atom stereocenters. The highest BCUT2D eigenvalue weighted by molar-refractivity contribution is 5.61. The molecule has 0 saturated carbocycles. The molecule has 3 aromatic rings. The molecule has 2 aromatic carbocycles. The summed E-state index contributed by atoms with van der Waals surface area (Å²) in [5, 5.41) is 4.39. The van der Waals surface area contributed by atoms with Gasteiger partial charge in [-0.2, -0.15) is 5.10 Å². The van der Waals surface area contributed by atoms with E-state index in [2.05, 4.69) is 40.3 Å². The van der Waals surface area contributed by atoms with E-state index in [0.29, 0.717) is 0 Å². The minimum atomic E-state index is 0.0198. The standard InChI is InChI=1S/C23H25N3O/c27-23-22(20-9-5-2-6-10-20)11-15-24-26(23)21-13-17-25(18-14-21)16-12-19-7-3-1-4-8-19/h1-11,15,21H,12-14,16-18H2. The molecule has 1 aliphatic rings. The molecule has 1 fully saturated rings. The Morgan fingerprint density at radius 1 is 0.889 bits per heavy atom. The fraction of sp³-hybridized carbons (Fsp3) is 0.304. The zero-order chi connectivity index (χ0) is 18.5. The van der Waals surface area contributed by atoms with Crippen LogP contribution in [0.3, 0.4) is 0 Å². The number of nitrogens with zero attached hydrogens (tertiary/aromatic N) is 3. The number of hydrogen-bond acceptors (Lipinski definition) is 3. The van der Waals surface area contributed by atoms with Crippen molar-refractivity contribution in [3.8, 4) is 11.1 Å². The van der Waals surface area contributed by atoms with Gasteiger partial charge in [-0.3, -0.25) is 4.79 Å². The van der Waals surface area contributed by atoms with Crippen molar-refractivity contribution in [2.75, 3.05) is 19.6 Å². The molecule has 0 N–H and O–H groups in total. The lowest BCUT2D eigenvalue weighted by atomic mass is 10.0. The topological polar surface area (TPSA) is 38.1 Å². The normalized spacial score (nSPS) is 15.7. The molecule has 1 aromatic heterocycles. The van der Waals surface area contributed by atoms with Gasteiger partial charge in [-0.05, 0) is 36.5 Å². The smallest absolute Gasteiger partial charge is 0.274 e. The summed E-state index contributed by atoms with van der Waals surface area (Å²) in [6.07, 6.45) is 4.78. The number of likely N-dealkylation sites (tertiary alicyclic amines) is 1. The molecular weight excluding hydrogens is 334 g/mol. The SMILES string of the molecule is O=c1c(-c2ccccc2)ccnn1C1CCN(CCc2ccccc2)CC1. The molecule has 1 saturated heterocycles. The van der Waals surface area contributed by atoms with Crippen LogP contribution in [0.5, 0.6) is 0 Å². The Kier molecular flexibility index (Phi) is 5.45. The highest BCUT2D eigenvalue weighted by Gasteiger charge is 2.22. The minimum absolute atomic E-state index is 0.0198. The van der Waals surface area contributed by atoms with Crippen LogP contribution in [0.2, 0.25) is 0 Å². The molecule has 4 nitrogen and oxygen atoms in total. The fourth-order valence-electron chi connectivity index (χ4n) is 3.84. The molecule has 4 heteroatoms. The van der Waals surface area contributed by atoms with Gasteiger partial charge in [0.15, 0.2) is 0 Å². The van der Waals surface area contributed by atoms with Crippen molar-refractivity contribution < 1.29 is 0 Å². The second-order valence-corrected chi connectivity index (χ2v) is 7.17. The van der Waals surface area contributed by atoms with Gasteiger partial charge >= 0.3 is 0 Å². The maximum atomic E-state index is 12.9. The number of benzene rings is 2. The van der Waals surface area contributed by atoms with Crippen molar-refractivity contribution in [2.45, 2.75) is 25.3 Å².